The quantitative estimate of drug-likeness (QED) is 0.605. The first kappa shape index (κ1) is 7.55. The van der Waals surface area contributed by atoms with Gasteiger partial charge in [0.2, 0.25) is 0 Å². The number of hydrogen-bond acceptors (Lipinski definition) is 2. The third-order valence-corrected chi connectivity index (χ3v) is 3.01. The third kappa shape index (κ3) is 0.898. The second-order valence-corrected chi connectivity index (χ2v) is 3.81. The third-order valence-electron chi connectivity index (χ3n) is 1.96. The largest absolute Gasteiger partial charge is 0.318 e. The molecule has 12 heavy (non-hydrogen) atoms. The standard InChI is InChI=1S/C9H9NOS/c1-6-5-10(2)9(11)7-3-4-12-8(6)7/h3-5H,1-2H3. The Bertz CT molecular complexity index is 481. The van der Waals surface area contributed by atoms with Crippen LogP contribution in [-0.2, 0) is 7.05 Å². The molecule has 0 amide bonds. The zero-order valence-electron chi connectivity index (χ0n) is 7.00. The van der Waals surface area contributed by atoms with Crippen LogP contribution in [0.25, 0.3) is 10.1 Å². The molecule has 0 unspecified atom stereocenters. The minimum atomic E-state index is 0.0943. The maximum absolute atomic E-state index is 11.5. The van der Waals surface area contributed by atoms with Crippen molar-refractivity contribution in [1.82, 2.24) is 4.57 Å². The van der Waals surface area contributed by atoms with E-state index in [0.717, 1.165) is 10.1 Å². The van der Waals surface area contributed by atoms with Crippen LogP contribution in [0.1, 0.15) is 5.56 Å². The summed E-state index contributed by atoms with van der Waals surface area (Å²) in [5, 5.41) is 2.79. The Kier molecular flexibility index (Phi) is 1.54. The lowest BCUT2D eigenvalue weighted by atomic mass is 10.2. The van der Waals surface area contributed by atoms with E-state index in [0.29, 0.717) is 0 Å². The molecule has 3 heteroatoms. The minimum absolute atomic E-state index is 0.0943. The monoisotopic (exact) mass is 179 g/mol. The number of fused-ring (bicyclic) bond motifs is 1. The predicted molar refractivity (Wildman–Crippen MR) is 51.8 cm³/mol. The van der Waals surface area contributed by atoms with Gasteiger partial charge in [0.25, 0.3) is 5.56 Å². The molecule has 2 heterocycles. The Morgan fingerprint density at radius 3 is 3.00 bits per heavy atom. The Labute approximate surface area is 74.1 Å². The van der Waals surface area contributed by atoms with Crippen LogP contribution >= 0.6 is 11.3 Å². The Hall–Kier alpha value is -1.09. The summed E-state index contributed by atoms with van der Waals surface area (Å²) >= 11 is 1.62. The summed E-state index contributed by atoms with van der Waals surface area (Å²) < 4.78 is 2.74. The van der Waals surface area contributed by atoms with E-state index in [2.05, 4.69) is 0 Å². The fourth-order valence-electron chi connectivity index (χ4n) is 1.38. The highest BCUT2D eigenvalue weighted by Gasteiger charge is 2.03. The van der Waals surface area contributed by atoms with Gasteiger partial charge in [0, 0.05) is 17.9 Å². The first-order valence-corrected chi connectivity index (χ1v) is 4.61. The number of thiophene rings is 1. The lowest BCUT2D eigenvalue weighted by Gasteiger charge is -1.99. The number of hydrogen-bond donors (Lipinski definition) is 0. The highest BCUT2D eigenvalue weighted by atomic mass is 32.1. The van der Waals surface area contributed by atoms with Crippen molar-refractivity contribution in [2.24, 2.45) is 7.05 Å². The van der Waals surface area contributed by atoms with Crippen LogP contribution in [0.3, 0.4) is 0 Å². The molecule has 0 spiro atoms. The molecule has 0 saturated carbocycles. The molecular weight excluding hydrogens is 170 g/mol. The molecule has 0 radical (unpaired) electrons. The first-order chi connectivity index (χ1) is 5.70. The van der Waals surface area contributed by atoms with Crippen LogP contribution in [0.15, 0.2) is 22.4 Å². The van der Waals surface area contributed by atoms with E-state index >= 15 is 0 Å². The fraction of sp³-hybridized carbons (Fsp3) is 0.222. The second-order valence-electron chi connectivity index (χ2n) is 2.89. The topological polar surface area (TPSA) is 22.0 Å². The summed E-state index contributed by atoms with van der Waals surface area (Å²) in [4.78, 5) is 11.5. The van der Waals surface area contributed by atoms with Crippen molar-refractivity contribution in [3.05, 3.63) is 33.6 Å². The summed E-state index contributed by atoms with van der Waals surface area (Å²) in [6.45, 7) is 2.03. The van der Waals surface area contributed by atoms with Crippen molar-refractivity contribution in [3.63, 3.8) is 0 Å². The highest BCUT2D eigenvalue weighted by molar-refractivity contribution is 7.17. The number of nitrogens with zero attached hydrogens (tertiary/aromatic N) is 1. The molecule has 0 atom stereocenters. The maximum atomic E-state index is 11.5. The predicted octanol–water partition coefficient (Wildman–Crippen LogP) is 1.91. The smallest absolute Gasteiger partial charge is 0.259 e. The molecule has 2 aromatic rings. The van der Waals surface area contributed by atoms with E-state index in [9.17, 15) is 4.79 Å². The summed E-state index contributed by atoms with van der Waals surface area (Å²) in [7, 11) is 1.78. The van der Waals surface area contributed by atoms with E-state index in [-0.39, 0.29) is 5.56 Å². The van der Waals surface area contributed by atoms with Gasteiger partial charge in [-0.15, -0.1) is 11.3 Å². The SMILES string of the molecule is Cc1cn(C)c(=O)c2ccsc12. The lowest BCUT2D eigenvalue weighted by Crippen LogP contribution is -2.15. The van der Waals surface area contributed by atoms with E-state index < -0.39 is 0 Å². The fourth-order valence-corrected chi connectivity index (χ4v) is 2.24. The van der Waals surface area contributed by atoms with Crippen molar-refractivity contribution >= 4 is 21.4 Å². The van der Waals surface area contributed by atoms with E-state index in [1.54, 1.807) is 23.0 Å². The zero-order valence-corrected chi connectivity index (χ0v) is 7.81. The van der Waals surface area contributed by atoms with Gasteiger partial charge in [-0.05, 0) is 23.9 Å². The van der Waals surface area contributed by atoms with Gasteiger partial charge in [-0.2, -0.15) is 0 Å². The maximum Gasteiger partial charge on any atom is 0.259 e. The Balaban J connectivity index is 3.07. The summed E-state index contributed by atoms with van der Waals surface area (Å²) in [5.41, 5.74) is 1.26. The molecule has 0 saturated heterocycles. The van der Waals surface area contributed by atoms with E-state index in [4.69, 9.17) is 0 Å². The van der Waals surface area contributed by atoms with Gasteiger partial charge in [-0.1, -0.05) is 0 Å². The molecule has 62 valence electrons. The van der Waals surface area contributed by atoms with Crippen LogP contribution < -0.4 is 5.56 Å². The Morgan fingerprint density at radius 1 is 1.50 bits per heavy atom. The lowest BCUT2D eigenvalue weighted by molar-refractivity contribution is 0.867. The molecule has 0 aliphatic heterocycles. The molecule has 0 aromatic carbocycles. The summed E-state index contributed by atoms with van der Waals surface area (Å²) in [5.74, 6) is 0. The molecule has 0 aliphatic rings. The van der Waals surface area contributed by atoms with Crippen LogP contribution in [-0.4, -0.2) is 4.57 Å². The van der Waals surface area contributed by atoms with Gasteiger partial charge in [0.05, 0.1) is 5.39 Å². The number of rotatable bonds is 0. The first-order valence-electron chi connectivity index (χ1n) is 3.73. The average Bonchev–Trinajstić information content (AvgIpc) is 2.48. The van der Waals surface area contributed by atoms with Crippen LogP contribution in [0.5, 0.6) is 0 Å². The Morgan fingerprint density at radius 2 is 2.25 bits per heavy atom. The molecule has 2 rings (SSSR count). The van der Waals surface area contributed by atoms with Crippen LogP contribution in [0.4, 0.5) is 0 Å². The van der Waals surface area contributed by atoms with Crippen molar-refractivity contribution < 1.29 is 0 Å². The molecule has 0 aliphatic carbocycles. The summed E-state index contributed by atoms with van der Waals surface area (Å²) in [6, 6.07) is 1.88. The van der Waals surface area contributed by atoms with Gasteiger partial charge in [0.15, 0.2) is 0 Å². The van der Waals surface area contributed by atoms with Gasteiger partial charge in [-0.3, -0.25) is 4.79 Å². The van der Waals surface area contributed by atoms with Gasteiger partial charge >= 0.3 is 0 Å². The molecular formula is C9H9NOS. The number of pyridine rings is 1. The van der Waals surface area contributed by atoms with Crippen LogP contribution in [0, 0.1) is 6.92 Å². The summed E-state index contributed by atoms with van der Waals surface area (Å²) in [6.07, 6.45) is 1.88. The van der Waals surface area contributed by atoms with Gasteiger partial charge in [-0.25, -0.2) is 0 Å². The highest BCUT2D eigenvalue weighted by Crippen LogP contribution is 2.20. The van der Waals surface area contributed by atoms with E-state index in [1.807, 2.05) is 24.6 Å². The normalized spacial score (nSPS) is 10.8. The minimum Gasteiger partial charge on any atom is -0.318 e. The average molecular weight is 179 g/mol. The van der Waals surface area contributed by atoms with Crippen LogP contribution in [0.2, 0.25) is 0 Å². The van der Waals surface area contributed by atoms with Crippen molar-refractivity contribution in [2.45, 2.75) is 6.92 Å². The molecule has 2 nitrogen and oxygen atoms in total. The number of aryl methyl sites for hydroxylation is 2. The molecule has 0 N–H and O–H groups in total. The van der Waals surface area contributed by atoms with Gasteiger partial charge < -0.3 is 4.57 Å². The zero-order chi connectivity index (χ0) is 8.72. The van der Waals surface area contributed by atoms with Gasteiger partial charge in [0.1, 0.15) is 0 Å². The second kappa shape index (κ2) is 2.45. The van der Waals surface area contributed by atoms with Crippen molar-refractivity contribution in [3.8, 4) is 0 Å². The number of aromatic nitrogens is 1. The molecule has 2 aromatic heterocycles. The molecule has 0 bridgehead atoms. The van der Waals surface area contributed by atoms with Crippen molar-refractivity contribution in [2.75, 3.05) is 0 Å². The van der Waals surface area contributed by atoms with E-state index in [1.165, 1.54) is 5.56 Å². The van der Waals surface area contributed by atoms with Crippen molar-refractivity contribution in [1.29, 1.82) is 0 Å². The molecule has 0 fully saturated rings.